The summed E-state index contributed by atoms with van der Waals surface area (Å²) < 4.78 is 0. The number of aryl methyl sites for hydroxylation is 3. The van der Waals surface area contributed by atoms with Gasteiger partial charge in [-0.15, -0.1) is 0 Å². The standard InChI is InChI=1S/C19H26N2O2/c1-12(2)9-10-20-17(22)8-7-16-11-15-6-5-13(3)14(4)18(15)21-19(16)23/h5-6,11-12H,7-10H2,1-4H3,(H,20,22)(H,21,23). The van der Waals surface area contributed by atoms with Gasteiger partial charge >= 0.3 is 0 Å². The van der Waals surface area contributed by atoms with Gasteiger partial charge in [0.25, 0.3) is 5.56 Å². The van der Waals surface area contributed by atoms with E-state index in [9.17, 15) is 9.59 Å². The lowest BCUT2D eigenvalue weighted by Crippen LogP contribution is -2.26. The summed E-state index contributed by atoms with van der Waals surface area (Å²) in [7, 11) is 0. The van der Waals surface area contributed by atoms with Crippen LogP contribution in [0.5, 0.6) is 0 Å². The number of carbonyl (C=O) groups is 1. The molecule has 4 nitrogen and oxygen atoms in total. The summed E-state index contributed by atoms with van der Waals surface area (Å²) in [4.78, 5) is 27.0. The van der Waals surface area contributed by atoms with Crippen molar-refractivity contribution in [3.05, 3.63) is 45.2 Å². The number of hydrogen-bond acceptors (Lipinski definition) is 2. The Kier molecular flexibility index (Phi) is 5.59. The maximum absolute atomic E-state index is 12.2. The first kappa shape index (κ1) is 17.3. The normalized spacial score (nSPS) is 11.2. The van der Waals surface area contributed by atoms with Crippen molar-refractivity contribution in [1.29, 1.82) is 0 Å². The number of benzene rings is 1. The molecule has 0 bridgehead atoms. The van der Waals surface area contributed by atoms with Crippen LogP contribution in [0.15, 0.2) is 23.0 Å². The van der Waals surface area contributed by atoms with Crippen LogP contribution in [-0.4, -0.2) is 17.4 Å². The van der Waals surface area contributed by atoms with Crippen molar-refractivity contribution in [1.82, 2.24) is 10.3 Å². The Labute approximate surface area is 137 Å². The summed E-state index contributed by atoms with van der Waals surface area (Å²) >= 11 is 0. The van der Waals surface area contributed by atoms with Gasteiger partial charge < -0.3 is 10.3 Å². The maximum Gasteiger partial charge on any atom is 0.251 e. The van der Waals surface area contributed by atoms with E-state index in [4.69, 9.17) is 0 Å². The van der Waals surface area contributed by atoms with Gasteiger partial charge in [0.15, 0.2) is 0 Å². The van der Waals surface area contributed by atoms with Gasteiger partial charge in [0.05, 0.1) is 5.52 Å². The third-order valence-electron chi connectivity index (χ3n) is 4.29. The Morgan fingerprint density at radius 2 is 2.00 bits per heavy atom. The van der Waals surface area contributed by atoms with Crippen molar-refractivity contribution in [2.75, 3.05) is 6.54 Å². The average molecular weight is 314 g/mol. The minimum atomic E-state index is -0.0961. The number of aromatic nitrogens is 1. The van der Waals surface area contributed by atoms with Crippen LogP contribution in [0.25, 0.3) is 10.9 Å². The zero-order valence-corrected chi connectivity index (χ0v) is 14.5. The van der Waals surface area contributed by atoms with Crippen molar-refractivity contribution in [3.8, 4) is 0 Å². The van der Waals surface area contributed by atoms with Gasteiger partial charge in [-0.25, -0.2) is 0 Å². The highest BCUT2D eigenvalue weighted by atomic mass is 16.1. The Morgan fingerprint density at radius 3 is 2.70 bits per heavy atom. The molecule has 0 radical (unpaired) electrons. The van der Waals surface area contributed by atoms with Crippen molar-refractivity contribution in [3.63, 3.8) is 0 Å². The molecule has 0 atom stereocenters. The fraction of sp³-hybridized carbons (Fsp3) is 0.474. The molecule has 23 heavy (non-hydrogen) atoms. The molecule has 4 heteroatoms. The number of fused-ring (bicyclic) bond motifs is 1. The Balaban J connectivity index is 2.06. The van der Waals surface area contributed by atoms with Gasteiger partial charge in [0.2, 0.25) is 5.91 Å². The fourth-order valence-electron chi connectivity index (χ4n) is 2.59. The first-order valence-corrected chi connectivity index (χ1v) is 8.27. The molecule has 1 amide bonds. The van der Waals surface area contributed by atoms with E-state index in [1.54, 1.807) is 0 Å². The third-order valence-corrected chi connectivity index (χ3v) is 4.29. The summed E-state index contributed by atoms with van der Waals surface area (Å²) in [5, 5.41) is 3.92. The van der Waals surface area contributed by atoms with E-state index in [1.807, 2.05) is 26.0 Å². The number of rotatable bonds is 6. The van der Waals surface area contributed by atoms with Gasteiger partial charge in [-0.05, 0) is 55.2 Å². The minimum absolute atomic E-state index is 0.00485. The SMILES string of the molecule is Cc1ccc2cc(CCC(=O)NCCC(C)C)c(=O)[nH]c2c1C. The number of amides is 1. The van der Waals surface area contributed by atoms with Crippen LogP contribution in [0.3, 0.4) is 0 Å². The zero-order chi connectivity index (χ0) is 17.0. The molecular weight excluding hydrogens is 288 g/mol. The molecule has 2 N–H and O–H groups in total. The van der Waals surface area contributed by atoms with Crippen LogP contribution >= 0.6 is 0 Å². The number of hydrogen-bond donors (Lipinski definition) is 2. The van der Waals surface area contributed by atoms with Crippen LogP contribution < -0.4 is 10.9 Å². The maximum atomic E-state index is 12.2. The monoisotopic (exact) mass is 314 g/mol. The van der Waals surface area contributed by atoms with Crippen LogP contribution in [-0.2, 0) is 11.2 Å². The molecule has 1 aromatic heterocycles. The van der Waals surface area contributed by atoms with Gasteiger partial charge in [-0.3, -0.25) is 9.59 Å². The van der Waals surface area contributed by atoms with E-state index in [0.717, 1.165) is 28.5 Å². The lowest BCUT2D eigenvalue weighted by molar-refractivity contribution is -0.121. The molecule has 2 rings (SSSR count). The summed E-state index contributed by atoms with van der Waals surface area (Å²) in [5.41, 5.74) is 3.71. The molecule has 124 valence electrons. The van der Waals surface area contributed by atoms with Gasteiger partial charge in [-0.1, -0.05) is 26.0 Å². The number of pyridine rings is 1. The van der Waals surface area contributed by atoms with Gasteiger partial charge in [0.1, 0.15) is 0 Å². The highest BCUT2D eigenvalue weighted by Gasteiger charge is 2.08. The minimum Gasteiger partial charge on any atom is -0.356 e. The van der Waals surface area contributed by atoms with E-state index < -0.39 is 0 Å². The predicted molar refractivity (Wildman–Crippen MR) is 94.8 cm³/mol. The molecular formula is C19H26N2O2. The summed E-state index contributed by atoms with van der Waals surface area (Å²) in [6, 6.07) is 5.97. The van der Waals surface area contributed by atoms with E-state index in [2.05, 4.69) is 30.2 Å². The van der Waals surface area contributed by atoms with Crippen LogP contribution in [0, 0.1) is 19.8 Å². The molecule has 0 aliphatic carbocycles. The first-order valence-electron chi connectivity index (χ1n) is 8.27. The molecule has 2 aromatic rings. The number of nitrogens with one attached hydrogen (secondary N) is 2. The summed E-state index contributed by atoms with van der Waals surface area (Å²) in [5.74, 6) is 0.579. The number of H-pyrrole nitrogens is 1. The third kappa shape index (κ3) is 4.44. The molecule has 0 saturated heterocycles. The smallest absolute Gasteiger partial charge is 0.251 e. The lowest BCUT2D eigenvalue weighted by atomic mass is 10.0. The quantitative estimate of drug-likeness (QED) is 0.860. The zero-order valence-electron chi connectivity index (χ0n) is 14.5. The van der Waals surface area contributed by atoms with E-state index in [-0.39, 0.29) is 11.5 Å². The number of aromatic amines is 1. The van der Waals surface area contributed by atoms with E-state index in [1.165, 1.54) is 0 Å². The molecule has 0 aliphatic rings. The molecule has 0 spiro atoms. The molecule has 1 heterocycles. The van der Waals surface area contributed by atoms with E-state index >= 15 is 0 Å². The van der Waals surface area contributed by atoms with Crippen LogP contribution in [0.2, 0.25) is 0 Å². The highest BCUT2D eigenvalue weighted by molar-refractivity contribution is 5.83. The topological polar surface area (TPSA) is 62.0 Å². The second-order valence-electron chi connectivity index (χ2n) is 6.63. The van der Waals surface area contributed by atoms with Crippen LogP contribution in [0.1, 0.15) is 43.4 Å². The summed E-state index contributed by atoms with van der Waals surface area (Å²) in [6.45, 7) is 9.00. The first-order chi connectivity index (χ1) is 10.9. The van der Waals surface area contributed by atoms with Crippen molar-refractivity contribution < 1.29 is 4.79 Å². The number of carbonyl (C=O) groups excluding carboxylic acids is 1. The Bertz CT molecular complexity index is 760. The van der Waals surface area contributed by atoms with Crippen LogP contribution in [0.4, 0.5) is 0 Å². The van der Waals surface area contributed by atoms with E-state index in [0.29, 0.717) is 30.9 Å². The van der Waals surface area contributed by atoms with Crippen molar-refractivity contribution >= 4 is 16.8 Å². The molecule has 0 fully saturated rings. The summed E-state index contributed by atoms with van der Waals surface area (Å²) in [6.07, 6.45) is 1.78. The van der Waals surface area contributed by atoms with Gasteiger partial charge in [0, 0.05) is 18.5 Å². The second kappa shape index (κ2) is 7.44. The molecule has 1 aromatic carbocycles. The highest BCUT2D eigenvalue weighted by Crippen LogP contribution is 2.19. The predicted octanol–water partition coefficient (Wildman–Crippen LogP) is 3.24. The lowest BCUT2D eigenvalue weighted by Gasteiger charge is -2.09. The second-order valence-corrected chi connectivity index (χ2v) is 6.63. The molecule has 0 unspecified atom stereocenters. The molecule has 0 aliphatic heterocycles. The van der Waals surface area contributed by atoms with Crippen molar-refractivity contribution in [2.45, 2.75) is 47.0 Å². The fourth-order valence-corrected chi connectivity index (χ4v) is 2.59. The van der Waals surface area contributed by atoms with Crippen molar-refractivity contribution in [2.24, 2.45) is 5.92 Å². The molecule has 0 saturated carbocycles. The Morgan fingerprint density at radius 1 is 1.26 bits per heavy atom. The average Bonchev–Trinajstić information content (AvgIpc) is 2.49. The largest absolute Gasteiger partial charge is 0.356 e. The van der Waals surface area contributed by atoms with Gasteiger partial charge in [-0.2, -0.15) is 0 Å². The Hall–Kier alpha value is -2.10.